The summed E-state index contributed by atoms with van der Waals surface area (Å²) in [5.74, 6) is -2.17. The molecule has 3 nitrogen and oxygen atoms in total. The van der Waals surface area contributed by atoms with Gasteiger partial charge < -0.3 is 9.47 Å². The molecule has 0 saturated carbocycles. The molecule has 0 heterocycles. The maximum atomic E-state index is 13.4. The first kappa shape index (κ1) is 13.2. The first-order chi connectivity index (χ1) is 8.08. The quantitative estimate of drug-likeness (QED) is 0.601. The lowest BCUT2D eigenvalue weighted by molar-refractivity contribution is -0.137. The molecule has 0 aliphatic rings. The molecular formula is C12H12F2O3. The predicted octanol–water partition coefficient (Wildman–Crippen LogP) is 2.55. The van der Waals surface area contributed by atoms with Crippen molar-refractivity contribution in [3.8, 4) is 5.75 Å². The van der Waals surface area contributed by atoms with E-state index >= 15 is 0 Å². The number of rotatable bonds is 4. The minimum absolute atomic E-state index is 0.0450. The van der Waals surface area contributed by atoms with Gasteiger partial charge in [0, 0.05) is 17.7 Å². The minimum atomic E-state index is -0.697. The van der Waals surface area contributed by atoms with Crippen LogP contribution < -0.4 is 4.74 Å². The van der Waals surface area contributed by atoms with Crippen LogP contribution in [0.3, 0.4) is 0 Å². The van der Waals surface area contributed by atoms with Crippen molar-refractivity contribution in [3.63, 3.8) is 0 Å². The number of hydrogen-bond acceptors (Lipinski definition) is 3. The molecule has 1 aromatic rings. The summed E-state index contributed by atoms with van der Waals surface area (Å²) in [6.07, 6.45) is 2.18. The Balaban J connectivity index is 2.92. The second-order valence-electron chi connectivity index (χ2n) is 3.09. The van der Waals surface area contributed by atoms with Crippen molar-refractivity contribution >= 4 is 12.0 Å². The van der Waals surface area contributed by atoms with Gasteiger partial charge in [-0.15, -0.1) is 0 Å². The van der Waals surface area contributed by atoms with Crippen molar-refractivity contribution in [2.75, 3.05) is 13.7 Å². The molecule has 0 radical (unpaired) electrons. The summed E-state index contributed by atoms with van der Waals surface area (Å²) >= 11 is 0. The normalized spacial score (nSPS) is 10.6. The molecule has 0 atom stereocenters. The van der Waals surface area contributed by atoms with Crippen molar-refractivity contribution in [2.45, 2.75) is 6.92 Å². The van der Waals surface area contributed by atoms with Crippen LogP contribution in [0, 0.1) is 11.6 Å². The molecule has 5 heteroatoms. The number of benzene rings is 1. The van der Waals surface area contributed by atoms with Crippen LogP contribution in [0.25, 0.3) is 6.08 Å². The molecule has 0 aromatic heterocycles. The third-order valence-corrected chi connectivity index (χ3v) is 1.96. The Bertz CT molecular complexity index is 442. The maximum Gasteiger partial charge on any atom is 0.330 e. The van der Waals surface area contributed by atoms with Crippen molar-refractivity contribution in [2.24, 2.45) is 0 Å². The summed E-state index contributed by atoms with van der Waals surface area (Å²) in [7, 11) is 1.24. The summed E-state index contributed by atoms with van der Waals surface area (Å²) in [5, 5.41) is 0. The van der Waals surface area contributed by atoms with Gasteiger partial charge in [-0.05, 0) is 19.1 Å². The van der Waals surface area contributed by atoms with E-state index in [-0.39, 0.29) is 17.9 Å². The molecule has 0 unspecified atom stereocenters. The van der Waals surface area contributed by atoms with E-state index < -0.39 is 17.6 Å². The standard InChI is InChI=1S/C12H12F2O3/c1-3-17-12(15)5-4-8-6-10(14)11(16-2)7-9(8)13/h4-7H,3H2,1-2H3. The third-order valence-electron chi connectivity index (χ3n) is 1.96. The van der Waals surface area contributed by atoms with E-state index in [1.165, 1.54) is 7.11 Å². The van der Waals surface area contributed by atoms with E-state index in [2.05, 4.69) is 9.47 Å². The van der Waals surface area contributed by atoms with Gasteiger partial charge in [-0.3, -0.25) is 0 Å². The van der Waals surface area contributed by atoms with E-state index in [0.717, 1.165) is 24.3 Å². The van der Waals surface area contributed by atoms with Crippen LogP contribution in [0.5, 0.6) is 5.75 Å². The van der Waals surface area contributed by atoms with Gasteiger partial charge in [-0.25, -0.2) is 13.6 Å². The largest absolute Gasteiger partial charge is 0.494 e. The molecule has 0 fully saturated rings. The number of carbonyl (C=O) groups excluding carboxylic acids is 1. The first-order valence-electron chi connectivity index (χ1n) is 4.96. The fraction of sp³-hybridized carbons (Fsp3) is 0.250. The van der Waals surface area contributed by atoms with Gasteiger partial charge in [0.1, 0.15) is 5.82 Å². The maximum absolute atomic E-state index is 13.4. The topological polar surface area (TPSA) is 35.5 Å². The summed E-state index contributed by atoms with van der Waals surface area (Å²) < 4.78 is 35.9. The summed E-state index contributed by atoms with van der Waals surface area (Å²) in [6.45, 7) is 1.88. The number of esters is 1. The highest BCUT2D eigenvalue weighted by Crippen LogP contribution is 2.21. The van der Waals surface area contributed by atoms with Crippen LogP contribution in [-0.4, -0.2) is 19.7 Å². The average molecular weight is 242 g/mol. The zero-order valence-corrected chi connectivity index (χ0v) is 9.50. The van der Waals surface area contributed by atoms with Gasteiger partial charge in [-0.2, -0.15) is 0 Å². The van der Waals surface area contributed by atoms with Crippen LogP contribution >= 0.6 is 0 Å². The lowest BCUT2D eigenvalue weighted by Gasteiger charge is -2.03. The molecule has 0 spiro atoms. The van der Waals surface area contributed by atoms with Crippen molar-refractivity contribution in [3.05, 3.63) is 35.4 Å². The molecule has 1 rings (SSSR count). The van der Waals surface area contributed by atoms with Gasteiger partial charge >= 0.3 is 5.97 Å². The van der Waals surface area contributed by atoms with Crippen molar-refractivity contribution in [1.29, 1.82) is 0 Å². The summed E-state index contributed by atoms with van der Waals surface area (Å²) in [5.41, 5.74) is -0.0450. The second-order valence-corrected chi connectivity index (χ2v) is 3.09. The molecule has 0 saturated heterocycles. The Kier molecular flexibility index (Phi) is 4.63. The Morgan fingerprint density at radius 3 is 2.65 bits per heavy atom. The fourth-order valence-electron chi connectivity index (χ4n) is 1.18. The highest BCUT2D eigenvalue weighted by atomic mass is 19.1. The molecule has 1 aromatic carbocycles. The molecule has 0 amide bonds. The van der Waals surface area contributed by atoms with Gasteiger partial charge in [0.15, 0.2) is 11.6 Å². The van der Waals surface area contributed by atoms with Crippen LogP contribution in [0.2, 0.25) is 0 Å². The smallest absolute Gasteiger partial charge is 0.330 e. The molecular weight excluding hydrogens is 230 g/mol. The highest BCUT2D eigenvalue weighted by Gasteiger charge is 2.08. The van der Waals surface area contributed by atoms with Crippen LogP contribution in [0.4, 0.5) is 8.78 Å². The molecule has 92 valence electrons. The number of methoxy groups -OCH3 is 1. The van der Waals surface area contributed by atoms with Gasteiger partial charge in [0.2, 0.25) is 0 Å². The van der Waals surface area contributed by atoms with Crippen LogP contribution in [-0.2, 0) is 9.53 Å². The summed E-state index contributed by atoms with van der Waals surface area (Å²) in [4.78, 5) is 11.0. The molecule has 0 bridgehead atoms. The lowest BCUT2D eigenvalue weighted by Crippen LogP contribution is -1.99. The summed E-state index contributed by atoms with van der Waals surface area (Å²) in [6, 6.07) is 1.87. The van der Waals surface area contributed by atoms with E-state index in [4.69, 9.17) is 0 Å². The zero-order chi connectivity index (χ0) is 12.8. The Labute approximate surface area is 97.7 Å². The number of hydrogen-bond donors (Lipinski definition) is 0. The Hall–Kier alpha value is -1.91. The minimum Gasteiger partial charge on any atom is -0.494 e. The van der Waals surface area contributed by atoms with Gasteiger partial charge in [0.05, 0.1) is 13.7 Å². The van der Waals surface area contributed by atoms with Gasteiger partial charge in [-0.1, -0.05) is 0 Å². The Morgan fingerprint density at radius 1 is 1.35 bits per heavy atom. The molecule has 0 N–H and O–H groups in total. The van der Waals surface area contributed by atoms with Crippen molar-refractivity contribution in [1.82, 2.24) is 0 Å². The highest BCUT2D eigenvalue weighted by molar-refractivity contribution is 5.87. The lowest BCUT2D eigenvalue weighted by atomic mass is 10.2. The fourth-order valence-corrected chi connectivity index (χ4v) is 1.18. The number of carbonyl (C=O) groups is 1. The van der Waals surface area contributed by atoms with E-state index in [0.29, 0.717) is 0 Å². The van der Waals surface area contributed by atoms with Crippen LogP contribution in [0.1, 0.15) is 12.5 Å². The number of ether oxygens (including phenoxy) is 2. The van der Waals surface area contributed by atoms with E-state index in [9.17, 15) is 13.6 Å². The van der Waals surface area contributed by atoms with Crippen LogP contribution in [0.15, 0.2) is 18.2 Å². The first-order valence-corrected chi connectivity index (χ1v) is 4.96. The zero-order valence-electron chi connectivity index (χ0n) is 9.50. The van der Waals surface area contributed by atoms with E-state index in [1.54, 1.807) is 6.92 Å². The molecule has 0 aliphatic carbocycles. The van der Waals surface area contributed by atoms with E-state index in [1.807, 2.05) is 0 Å². The van der Waals surface area contributed by atoms with Crippen molar-refractivity contribution < 1.29 is 23.0 Å². The second kappa shape index (κ2) is 5.98. The third kappa shape index (κ3) is 3.55. The number of halogens is 2. The molecule has 17 heavy (non-hydrogen) atoms. The SMILES string of the molecule is CCOC(=O)C=Cc1cc(F)c(OC)cc1F. The predicted molar refractivity (Wildman–Crippen MR) is 58.6 cm³/mol. The van der Waals surface area contributed by atoms with Gasteiger partial charge in [0.25, 0.3) is 0 Å². The average Bonchev–Trinajstić information content (AvgIpc) is 2.30. The molecule has 0 aliphatic heterocycles. The monoisotopic (exact) mass is 242 g/mol. The Morgan fingerprint density at radius 2 is 2.06 bits per heavy atom.